The number of rotatable bonds is 1. The number of phenols is 2. The number of ether oxygens (including phenoxy) is 1. The predicted octanol–water partition coefficient (Wildman–Crippen LogP) is 3.65. The Morgan fingerprint density at radius 1 is 1.27 bits per heavy atom. The number of fused-ring (bicyclic) bond motifs is 1. The zero-order valence-electron chi connectivity index (χ0n) is 13.1. The van der Waals surface area contributed by atoms with E-state index in [0.29, 0.717) is 12.0 Å². The molecule has 1 aromatic rings. The third kappa shape index (κ3) is 1.50. The first-order valence-electron chi connectivity index (χ1n) is 8.27. The molecule has 4 nitrogen and oxygen atoms in total. The van der Waals surface area contributed by atoms with Gasteiger partial charge in [0.15, 0.2) is 11.5 Å². The van der Waals surface area contributed by atoms with Crippen LogP contribution in [-0.2, 0) is 14.9 Å². The molecule has 1 spiro atoms. The molecule has 1 saturated carbocycles. The van der Waals surface area contributed by atoms with E-state index in [0.717, 1.165) is 36.8 Å². The Bertz CT molecular complexity index is 664. The fraction of sp³-hybridized carbons (Fsp3) is 0.611. The summed E-state index contributed by atoms with van der Waals surface area (Å²) >= 11 is 0. The van der Waals surface area contributed by atoms with Gasteiger partial charge < -0.3 is 14.9 Å². The Morgan fingerprint density at radius 2 is 2.05 bits per heavy atom. The Morgan fingerprint density at radius 3 is 2.77 bits per heavy atom. The zero-order chi connectivity index (χ0) is 15.6. The van der Waals surface area contributed by atoms with Gasteiger partial charge >= 0.3 is 5.97 Å². The van der Waals surface area contributed by atoms with Crippen LogP contribution in [-0.4, -0.2) is 16.2 Å². The van der Waals surface area contributed by atoms with Crippen molar-refractivity contribution in [3.8, 4) is 11.5 Å². The molecule has 22 heavy (non-hydrogen) atoms. The number of aromatic hydroxyl groups is 2. The minimum absolute atomic E-state index is 0.0622. The Kier molecular flexibility index (Phi) is 2.78. The number of benzene rings is 1. The lowest BCUT2D eigenvalue weighted by molar-refractivity contribution is -0.177. The Hall–Kier alpha value is -1.71. The van der Waals surface area contributed by atoms with Crippen LogP contribution in [0.5, 0.6) is 11.5 Å². The molecule has 1 aromatic carbocycles. The van der Waals surface area contributed by atoms with Crippen molar-refractivity contribution in [3.63, 3.8) is 0 Å². The number of hydrogen-bond acceptors (Lipinski definition) is 4. The maximum Gasteiger partial charge on any atom is 0.317 e. The molecule has 2 bridgehead atoms. The Labute approximate surface area is 130 Å². The minimum Gasteiger partial charge on any atom is -0.504 e. The van der Waals surface area contributed by atoms with E-state index in [2.05, 4.69) is 0 Å². The van der Waals surface area contributed by atoms with Crippen molar-refractivity contribution in [2.75, 3.05) is 0 Å². The van der Waals surface area contributed by atoms with Gasteiger partial charge in [-0.25, -0.2) is 0 Å². The van der Waals surface area contributed by atoms with Crippen LogP contribution in [0.25, 0.3) is 0 Å². The van der Waals surface area contributed by atoms with Gasteiger partial charge in [0.05, 0.1) is 5.41 Å². The third-order valence-corrected chi connectivity index (χ3v) is 5.93. The highest BCUT2D eigenvalue weighted by molar-refractivity contribution is 5.89. The highest BCUT2D eigenvalue weighted by Gasteiger charge is 2.60. The van der Waals surface area contributed by atoms with Crippen molar-refractivity contribution in [1.29, 1.82) is 0 Å². The lowest BCUT2D eigenvalue weighted by Crippen LogP contribution is -2.55. The molecule has 2 fully saturated rings. The molecule has 4 heteroatoms. The number of phenolic OH excluding ortho intramolecular Hbond substituents is 2. The highest BCUT2D eigenvalue weighted by atomic mass is 16.5. The smallest absolute Gasteiger partial charge is 0.317 e. The molecule has 5 rings (SSSR count). The molecule has 3 unspecified atom stereocenters. The topological polar surface area (TPSA) is 66.8 Å². The molecule has 1 saturated heterocycles. The van der Waals surface area contributed by atoms with E-state index in [1.165, 1.54) is 0 Å². The fourth-order valence-corrected chi connectivity index (χ4v) is 4.86. The van der Waals surface area contributed by atoms with Crippen molar-refractivity contribution >= 4 is 5.97 Å². The second-order valence-electron chi connectivity index (χ2n) is 7.33. The normalized spacial score (nSPS) is 32.6. The molecule has 3 atom stereocenters. The number of carbonyl (C=O) groups excluding carboxylic acids is 1. The van der Waals surface area contributed by atoms with Gasteiger partial charge in [-0.3, -0.25) is 4.79 Å². The zero-order valence-corrected chi connectivity index (χ0v) is 13.1. The van der Waals surface area contributed by atoms with E-state index in [1.807, 2.05) is 19.9 Å². The van der Waals surface area contributed by atoms with E-state index in [1.54, 1.807) is 0 Å². The summed E-state index contributed by atoms with van der Waals surface area (Å²) in [6.45, 7) is 3.96. The van der Waals surface area contributed by atoms with E-state index < -0.39 is 5.41 Å². The monoisotopic (exact) mass is 302 g/mol. The van der Waals surface area contributed by atoms with Crippen molar-refractivity contribution in [1.82, 2.24) is 0 Å². The van der Waals surface area contributed by atoms with Crippen molar-refractivity contribution in [2.45, 2.75) is 63.4 Å². The first-order valence-corrected chi connectivity index (χ1v) is 8.27. The maximum absolute atomic E-state index is 12.6. The molecule has 0 radical (unpaired) electrons. The molecule has 2 N–H and O–H groups in total. The van der Waals surface area contributed by atoms with E-state index in [4.69, 9.17) is 4.74 Å². The van der Waals surface area contributed by atoms with Crippen molar-refractivity contribution < 1.29 is 19.7 Å². The number of hydrogen-bond donors (Lipinski definition) is 2. The van der Waals surface area contributed by atoms with Crippen molar-refractivity contribution in [2.24, 2.45) is 5.92 Å². The summed E-state index contributed by atoms with van der Waals surface area (Å²) in [5.41, 5.74) is 1.56. The van der Waals surface area contributed by atoms with Gasteiger partial charge in [0.2, 0.25) is 0 Å². The second-order valence-corrected chi connectivity index (χ2v) is 7.33. The third-order valence-electron chi connectivity index (χ3n) is 5.93. The Balaban J connectivity index is 2.01. The van der Waals surface area contributed by atoms with Gasteiger partial charge in [0, 0.05) is 16.7 Å². The van der Waals surface area contributed by atoms with E-state index in [-0.39, 0.29) is 35.4 Å². The average Bonchev–Trinajstić information content (AvgIpc) is 2.49. The van der Waals surface area contributed by atoms with Crippen LogP contribution in [0.1, 0.15) is 74.7 Å². The van der Waals surface area contributed by atoms with Gasteiger partial charge in [0.1, 0.15) is 6.10 Å². The predicted molar refractivity (Wildman–Crippen MR) is 80.9 cm³/mol. The number of carbonyl (C=O) groups is 1. The first kappa shape index (κ1) is 13.9. The summed E-state index contributed by atoms with van der Waals surface area (Å²) in [7, 11) is 0. The summed E-state index contributed by atoms with van der Waals surface area (Å²) in [5.74, 6) is -0.0163. The van der Waals surface area contributed by atoms with Gasteiger partial charge in [-0.15, -0.1) is 0 Å². The quantitative estimate of drug-likeness (QED) is 0.614. The van der Waals surface area contributed by atoms with Gasteiger partial charge in [-0.1, -0.05) is 26.7 Å². The summed E-state index contributed by atoms with van der Waals surface area (Å²) in [5, 5.41) is 21.1. The molecule has 0 amide bonds. The van der Waals surface area contributed by atoms with Crippen LogP contribution in [0.2, 0.25) is 0 Å². The van der Waals surface area contributed by atoms with Gasteiger partial charge in [-0.05, 0) is 37.2 Å². The molecular formula is C18H22O4. The van der Waals surface area contributed by atoms with Gasteiger partial charge in [-0.2, -0.15) is 0 Å². The lowest BCUT2D eigenvalue weighted by atomic mass is 9.54. The molecule has 2 heterocycles. The lowest BCUT2D eigenvalue weighted by Gasteiger charge is -2.53. The SMILES string of the molecule is CC(C)c1cc2c(c(O)c1O)C13CCCCC1CC2OC3=O. The molecule has 4 aliphatic rings. The van der Waals surface area contributed by atoms with Crippen LogP contribution < -0.4 is 0 Å². The summed E-state index contributed by atoms with van der Waals surface area (Å²) in [6.07, 6.45) is 4.37. The first-order chi connectivity index (χ1) is 10.5. The molecule has 2 aliphatic carbocycles. The molecule has 0 aromatic heterocycles. The fourth-order valence-electron chi connectivity index (χ4n) is 4.86. The molecule has 118 valence electrons. The van der Waals surface area contributed by atoms with Crippen LogP contribution in [0, 0.1) is 5.92 Å². The maximum atomic E-state index is 12.6. The standard InChI is InChI=1S/C18H22O4/c1-9(2)11-8-12-13-7-10-5-3-4-6-18(10,17(21)22-13)14(12)16(20)15(11)19/h8-10,13,19-20H,3-7H2,1-2H3. The average molecular weight is 302 g/mol. The second kappa shape index (κ2) is 4.40. The highest BCUT2D eigenvalue weighted by Crippen LogP contribution is 2.62. The van der Waals surface area contributed by atoms with Crippen LogP contribution >= 0.6 is 0 Å². The minimum atomic E-state index is -0.737. The summed E-state index contributed by atoms with van der Waals surface area (Å²) < 4.78 is 5.67. The van der Waals surface area contributed by atoms with Crippen LogP contribution in [0.15, 0.2) is 6.07 Å². The molecule has 2 aliphatic heterocycles. The van der Waals surface area contributed by atoms with Crippen LogP contribution in [0.4, 0.5) is 0 Å². The molecular weight excluding hydrogens is 280 g/mol. The number of esters is 1. The largest absolute Gasteiger partial charge is 0.504 e. The summed E-state index contributed by atoms with van der Waals surface area (Å²) in [6, 6.07) is 1.94. The van der Waals surface area contributed by atoms with E-state index >= 15 is 0 Å². The van der Waals surface area contributed by atoms with Crippen molar-refractivity contribution in [3.05, 3.63) is 22.8 Å². The van der Waals surface area contributed by atoms with Gasteiger partial charge in [0.25, 0.3) is 0 Å². The van der Waals surface area contributed by atoms with Crippen LogP contribution in [0.3, 0.4) is 0 Å². The van der Waals surface area contributed by atoms with E-state index in [9.17, 15) is 15.0 Å². The summed E-state index contributed by atoms with van der Waals surface area (Å²) in [4.78, 5) is 12.6.